The van der Waals surface area contributed by atoms with Crippen LogP contribution in [0.5, 0.6) is 0 Å². The van der Waals surface area contributed by atoms with Gasteiger partial charge in [-0.05, 0) is 110 Å². The average molecular weight is 591 g/mol. The van der Waals surface area contributed by atoms with Gasteiger partial charge >= 0.3 is 0 Å². The summed E-state index contributed by atoms with van der Waals surface area (Å²) in [5.74, 6) is 0.794. The Morgan fingerprint density at radius 3 is 1.38 bits per heavy atom. The lowest BCUT2D eigenvalue weighted by Gasteiger charge is -2.21. The van der Waals surface area contributed by atoms with Crippen LogP contribution in [-0.4, -0.2) is 33.7 Å². The van der Waals surface area contributed by atoms with Crippen LogP contribution in [0.3, 0.4) is 0 Å². The molecule has 0 spiro atoms. The average Bonchev–Trinajstić information content (AvgIpc) is 3.50. The summed E-state index contributed by atoms with van der Waals surface area (Å²) >= 11 is 2.93. The molecule has 2 saturated heterocycles. The van der Waals surface area contributed by atoms with Gasteiger partial charge in [0.25, 0.3) is 0 Å². The van der Waals surface area contributed by atoms with Crippen molar-refractivity contribution in [3.05, 3.63) is 107 Å². The van der Waals surface area contributed by atoms with Gasteiger partial charge in [-0.25, -0.2) is 9.98 Å². The van der Waals surface area contributed by atoms with Crippen molar-refractivity contribution in [2.75, 3.05) is 21.3 Å². The number of hydrogen-bond acceptors (Lipinski definition) is 6. The van der Waals surface area contributed by atoms with Crippen molar-refractivity contribution >= 4 is 68.4 Å². The summed E-state index contributed by atoms with van der Waals surface area (Å²) in [5, 5.41) is 1.39. The second kappa shape index (κ2) is 11.6. The molecule has 0 saturated carbocycles. The van der Waals surface area contributed by atoms with Crippen molar-refractivity contribution in [3.8, 4) is 11.1 Å². The SMILES string of the molecule is Cc1cccc(N=C2SCC(=O)N2c2ccc(-c3ccc(N4C(=O)CSC4=Nc4cccc(C)c4)c(C)c3)cc2C)c1. The number of amidine groups is 2. The Morgan fingerprint density at radius 1 is 0.571 bits per heavy atom. The standard InChI is InChI=1S/C34H30N4O2S2/c1-21-7-5-9-27(15-21)35-33-37(31(39)19-41-33)29-13-11-25(17-23(29)3)26-12-14-30(24(4)18-26)38-32(40)20-42-34(38)36-28-10-6-8-22(2)16-28/h5-18H,19-20H2,1-4H3. The number of anilines is 2. The van der Waals surface area contributed by atoms with Crippen molar-refractivity contribution < 1.29 is 9.59 Å². The Morgan fingerprint density at radius 2 is 1.00 bits per heavy atom. The summed E-state index contributed by atoms with van der Waals surface area (Å²) in [6, 6.07) is 28.2. The Labute approximate surface area is 254 Å². The number of carbonyl (C=O) groups is 2. The molecule has 0 N–H and O–H groups in total. The lowest BCUT2D eigenvalue weighted by molar-refractivity contribution is -0.115. The van der Waals surface area contributed by atoms with Gasteiger partial charge in [-0.1, -0.05) is 59.9 Å². The van der Waals surface area contributed by atoms with Crippen molar-refractivity contribution in [3.63, 3.8) is 0 Å². The molecular weight excluding hydrogens is 561 g/mol. The lowest BCUT2D eigenvalue weighted by atomic mass is 9.99. The maximum Gasteiger partial charge on any atom is 0.243 e. The van der Waals surface area contributed by atoms with Crippen molar-refractivity contribution in [1.82, 2.24) is 0 Å². The molecule has 4 aromatic carbocycles. The summed E-state index contributed by atoms with van der Waals surface area (Å²) in [6.07, 6.45) is 0. The van der Waals surface area contributed by atoms with E-state index in [9.17, 15) is 9.59 Å². The Balaban J connectivity index is 1.28. The third-order valence-corrected chi connectivity index (χ3v) is 9.04. The highest BCUT2D eigenvalue weighted by molar-refractivity contribution is 8.15. The summed E-state index contributed by atoms with van der Waals surface area (Å²) in [7, 11) is 0. The van der Waals surface area contributed by atoms with Crippen LogP contribution in [0, 0.1) is 27.7 Å². The van der Waals surface area contributed by atoms with E-state index in [0.717, 1.165) is 56.1 Å². The van der Waals surface area contributed by atoms with E-state index in [-0.39, 0.29) is 11.8 Å². The van der Waals surface area contributed by atoms with Gasteiger partial charge in [0.05, 0.1) is 34.3 Å². The minimum Gasteiger partial charge on any atom is -0.273 e. The van der Waals surface area contributed by atoms with E-state index in [1.54, 1.807) is 9.80 Å². The number of carbonyl (C=O) groups excluding carboxylic acids is 2. The third kappa shape index (κ3) is 5.65. The van der Waals surface area contributed by atoms with Gasteiger partial charge in [-0.2, -0.15) is 0 Å². The van der Waals surface area contributed by atoms with Crippen LogP contribution in [0.4, 0.5) is 22.7 Å². The van der Waals surface area contributed by atoms with E-state index in [0.29, 0.717) is 21.8 Å². The normalized spacial score (nSPS) is 17.2. The van der Waals surface area contributed by atoms with Gasteiger partial charge in [-0.15, -0.1) is 0 Å². The number of nitrogens with zero attached hydrogens (tertiary/aromatic N) is 4. The monoisotopic (exact) mass is 590 g/mol. The zero-order valence-electron chi connectivity index (χ0n) is 23.9. The molecule has 0 aliphatic carbocycles. The maximum absolute atomic E-state index is 12.9. The summed E-state index contributed by atoms with van der Waals surface area (Å²) in [5.41, 5.74) is 9.66. The van der Waals surface area contributed by atoms with Gasteiger partial charge in [0.15, 0.2) is 10.3 Å². The fourth-order valence-electron chi connectivity index (χ4n) is 5.15. The van der Waals surface area contributed by atoms with Crippen molar-refractivity contribution in [1.29, 1.82) is 0 Å². The molecule has 0 bridgehead atoms. The van der Waals surface area contributed by atoms with Crippen LogP contribution < -0.4 is 9.80 Å². The molecule has 210 valence electrons. The van der Waals surface area contributed by atoms with Gasteiger partial charge in [0.1, 0.15) is 0 Å². The molecule has 2 aliphatic rings. The Bertz CT molecular complexity index is 1670. The number of rotatable bonds is 5. The van der Waals surface area contributed by atoms with Crippen LogP contribution in [0.1, 0.15) is 22.3 Å². The highest BCUT2D eigenvalue weighted by Gasteiger charge is 2.32. The van der Waals surface area contributed by atoms with Crippen LogP contribution >= 0.6 is 23.5 Å². The number of benzene rings is 4. The first kappa shape index (κ1) is 28.0. The number of thioether (sulfide) groups is 2. The number of aliphatic imine (C=N–C) groups is 2. The summed E-state index contributed by atoms with van der Waals surface area (Å²) in [6.45, 7) is 8.11. The molecule has 6 rings (SSSR count). The molecule has 8 heteroatoms. The fourth-order valence-corrected chi connectivity index (χ4v) is 6.91. The van der Waals surface area contributed by atoms with E-state index >= 15 is 0 Å². The highest BCUT2D eigenvalue weighted by atomic mass is 32.2. The van der Waals surface area contributed by atoms with E-state index in [1.165, 1.54) is 23.5 Å². The van der Waals surface area contributed by atoms with E-state index < -0.39 is 0 Å². The predicted octanol–water partition coefficient (Wildman–Crippen LogP) is 8.12. The molecular formula is C34H30N4O2S2. The number of amides is 2. The summed E-state index contributed by atoms with van der Waals surface area (Å²) in [4.78, 5) is 38.9. The largest absolute Gasteiger partial charge is 0.273 e. The van der Waals surface area contributed by atoms with Crippen LogP contribution in [0.15, 0.2) is 94.9 Å². The predicted molar refractivity (Wildman–Crippen MR) is 178 cm³/mol. The van der Waals surface area contributed by atoms with Gasteiger partial charge in [0, 0.05) is 0 Å². The Kier molecular flexibility index (Phi) is 7.75. The maximum atomic E-state index is 12.9. The molecule has 4 aromatic rings. The molecule has 0 radical (unpaired) electrons. The summed E-state index contributed by atoms with van der Waals surface area (Å²) < 4.78 is 0. The van der Waals surface area contributed by atoms with Gasteiger partial charge in [0.2, 0.25) is 11.8 Å². The third-order valence-electron chi connectivity index (χ3n) is 7.19. The number of hydrogen-bond donors (Lipinski definition) is 0. The van der Waals surface area contributed by atoms with Crippen LogP contribution in [-0.2, 0) is 9.59 Å². The zero-order valence-corrected chi connectivity index (χ0v) is 25.6. The van der Waals surface area contributed by atoms with Crippen LogP contribution in [0.2, 0.25) is 0 Å². The molecule has 0 atom stereocenters. The second-order valence-corrected chi connectivity index (χ2v) is 12.4. The molecule has 2 fully saturated rings. The molecule has 0 aromatic heterocycles. The quantitative estimate of drug-likeness (QED) is 0.235. The molecule has 2 heterocycles. The number of aryl methyl sites for hydroxylation is 4. The van der Waals surface area contributed by atoms with Crippen molar-refractivity contribution in [2.24, 2.45) is 9.98 Å². The van der Waals surface area contributed by atoms with Crippen molar-refractivity contribution in [2.45, 2.75) is 27.7 Å². The van der Waals surface area contributed by atoms with E-state index in [4.69, 9.17) is 9.98 Å². The second-order valence-electron chi connectivity index (χ2n) is 10.5. The van der Waals surface area contributed by atoms with Gasteiger partial charge < -0.3 is 0 Å². The molecule has 0 unspecified atom stereocenters. The zero-order chi connectivity index (χ0) is 29.4. The molecule has 2 aliphatic heterocycles. The molecule has 6 nitrogen and oxygen atoms in total. The first-order valence-corrected chi connectivity index (χ1v) is 15.7. The molecule has 2 amide bonds. The fraction of sp³-hybridized carbons (Fsp3) is 0.176. The topological polar surface area (TPSA) is 65.3 Å². The van der Waals surface area contributed by atoms with E-state index in [2.05, 4.69) is 12.1 Å². The van der Waals surface area contributed by atoms with Crippen LogP contribution in [0.25, 0.3) is 11.1 Å². The molecule has 42 heavy (non-hydrogen) atoms. The smallest absolute Gasteiger partial charge is 0.243 e. The first-order chi connectivity index (χ1) is 20.3. The minimum atomic E-state index is 0.0266. The van der Waals surface area contributed by atoms with Gasteiger partial charge in [-0.3, -0.25) is 19.4 Å². The Hall–Kier alpha value is -4.14. The van der Waals surface area contributed by atoms with E-state index in [1.807, 2.05) is 100 Å². The highest BCUT2D eigenvalue weighted by Crippen LogP contribution is 2.36. The minimum absolute atomic E-state index is 0.0266. The first-order valence-electron chi connectivity index (χ1n) is 13.7. The lowest BCUT2D eigenvalue weighted by Crippen LogP contribution is -2.29.